The lowest BCUT2D eigenvalue weighted by Gasteiger charge is -2.14. The molecule has 7 nitrogen and oxygen atoms in total. The van der Waals surface area contributed by atoms with E-state index < -0.39 is 0 Å². The summed E-state index contributed by atoms with van der Waals surface area (Å²) in [5, 5.41) is 5.91. The van der Waals surface area contributed by atoms with Crippen LogP contribution in [-0.2, 0) is 0 Å². The number of Topliss-reactive ketones (excluding diaryl/α,β-unsaturated/α-hetero) is 1. The van der Waals surface area contributed by atoms with Crippen LogP contribution in [0.5, 0.6) is 5.75 Å². The Hall–Kier alpha value is -3.74. The van der Waals surface area contributed by atoms with Crippen molar-refractivity contribution in [3.05, 3.63) is 72.2 Å². The fraction of sp³-hybridized carbons (Fsp3) is 0.182. The third kappa shape index (κ3) is 5.38. The Morgan fingerprint density at radius 2 is 1.79 bits per heavy atom. The Bertz CT molecular complexity index is 1030. The van der Waals surface area contributed by atoms with Crippen LogP contribution in [0.25, 0.3) is 0 Å². The number of hydrogen-bond acceptors (Lipinski definition) is 6. The molecular formula is C22H22N4O3. The van der Waals surface area contributed by atoms with Crippen LogP contribution >= 0.6 is 0 Å². The van der Waals surface area contributed by atoms with Crippen molar-refractivity contribution in [3.63, 3.8) is 0 Å². The molecule has 0 atom stereocenters. The second-order valence-electron chi connectivity index (χ2n) is 6.67. The number of amides is 1. The number of ether oxygens (including phenoxy) is 1. The number of anilines is 3. The molecule has 0 aliphatic heterocycles. The summed E-state index contributed by atoms with van der Waals surface area (Å²) < 4.78 is 5.73. The molecule has 29 heavy (non-hydrogen) atoms. The normalized spacial score (nSPS) is 10.5. The second kappa shape index (κ2) is 8.97. The van der Waals surface area contributed by atoms with Crippen LogP contribution < -0.4 is 15.4 Å². The lowest BCUT2D eigenvalue weighted by molar-refractivity contribution is 0.101. The van der Waals surface area contributed by atoms with Gasteiger partial charge in [0.15, 0.2) is 5.78 Å². The smallest absolute Gasteiger partial charge is 0.274 e. The molecule has 0 aliphatic carbocycles. The van der Waals surface area contributed by atoms with E-state index in [1.165, 1.54) is 13.3 Å². The molecule has 2 aromatic carbocycles. The summed E-state index contributed by atoms with van der Waals surface area (Å²) in [5.41, 5.74) is 2.04. The van der Waals surface area contributed by atoms with Crippen molar-refractivity contribution in [1.29, 1.82) is 0 Å². The summed E-state index contributed by atoms with van der Waals surface area (Å²) >= 11 is 0. The average molecular weight is 390 g/mol. The molecule has 3 aromatic rings. The van der Waals surface area contributed by atoms with Gasteiger partial charge in [-0.2, -0.15) is 0 Å². The number of benzene rings is 2. The molecule has 1 heterocycles. The summed E-state index contributed by atoms with van der Waals surface area (Å²) in [7, 11) is 0. The average Bonchev–Trinajstić information content (AvgIpc) is 2.69. The molecule has 0 fully saturated rings. The summed E-state index contributed by atoms with van der Waals surface area (Å²) in [6, 6.07) is 15.8. The highest BCUT2D eigenvalue weighted by Gasteiger charge is 2.13. The summed E-state index contributed by atoms with van der Waals surface area (Å²) in [6.07, 6.45) is 1.29. The summed E-state index contributed by atoms with van der Waals surface area (Å²) in [5.74, 6) is 0.619. The molecule has 0 saturated carbocycles. The molecule has 0 aliphatic rings. The van der Waals surface area contributed by atoms with Gasteiger partial charge in [-0.05, 0) is 45.0 Å². The number of hydrogen-bond donors (Lipinski definition) is 2. The number of ketones is 1. The predicted octanol–water partition coefficient (Wildman–Crippen LogP) is 4.46. The van der Waals surface area contributed by atoms with Crippen LogP contribution in [0.4, 0.5) is 17.2 Å². The van der Waals surface area contributed by atoms with Gasteiger partial charge in [0.05, 0.1) is 11.8 Å². The molecule has 1 amide bonds. The van der Waals surface area contributed by atoms with Crippen LogP contribution in [-0.4, -0.2) is 27.8 Å². The Labute approximate surface area is 169 Å². The number of carbonyl (C=O) groups is 2. The molecule has 0 bridgehead atoms. The number of nitrogens with one attached hydrogen (secondary N) is 2. The standard InChI is InChI=1S/C22H22N4O3/c1-14(2)29-20-10-5-4-9-18(20)26-22(28)19-12-21(24-13-23-19)25-17-8-6-7-16(11-17)15(3)27/h4-14H,1-3H3,(H,26,28)(H,23,24,25). The Morgan fingerprint density at radius 1 is 1.00 bits per heavy atom. The van der Waals surface area contributed by atoms with Gasteiger partial charge in [0.1, 0.15) is 23.6 Å². The van der Waals surface area contributed by atoms with Gasteiger partial charge >= 0.3 is 0 Å². The number of carbonyl (C=O) groups excluding carboxylic acids is 2. The molecule has 2 N–H and O–H groups in total. The highest BCUT2D eigenvalue weighted by molar-refractivity contribution is 6.04. The van der Waals surface area contributed by atoms with E-state index >= 15 is 0 Å². The van der Waals surface area contributed by atoms with E-state index in [0.29, 0.717) is 28.5 Å². The number of nitrogens with zero attached hydrogens (tertiary/aromatic N) is 2. The van der Waals surface area contributed by atoms with E-state index in [-0.39, 0.29) is 23.5 Å². The fourth-order valence-electron chi connectivity index (χ4n) is 2.63. The van der Waals surface area contributed by atoms with Crippen molar-refractivity contribution < 1.29 is 14.3 Å². The van der Waals surface area contributed by atoms with Gasteiger partial charge in [-0.25, -0.2) is 9.97 Å². The van der Waals surface area contributed by atoms with Gasteiger partial charge in [0.2, 0.25) is 0 Å². The largest absolute Gasteiger partial charge is 0.489 e. The molecule has 0 radical (unpaired) electrons. The molecule has 0 unspecified atom stereocenters. The maximum absolute atomic E-state index is 12.7. The predicted molar refractivity (Wildman–Crippen MR) is 112 cm³/mol. The van der Waals surface area contributed by atoms with E-state index in [4.69, 9.17) is 4.74 Å². The van der Waals surface area contributed by atoms with Crippen molar-refractivity contribution in [2.45, 2.75) is 26.9 Å². The van der Waals surface area contributed by atoms with Crippen molar-refractivity contribution >= 4 is 28.9 Å². The zero-order valence-corrected chi connectivity index (χ0v) is 16.5. The van der Waals surface area contributed by atoms with E-state index in [9.17, 15) is 9.59 Å². The SMILES string of the molecule is CC(=O)c1cccc(Nc2cc(C(=O)Nc3ccccc3OC(C)C)ncn2)c1. The second-order valence-corrected chi connectivity index (χ2v) is 6.67. The molecule has 0 spiro atoms. The monoisotopic (exact) mass is 390 g/mol. The summed E-state index contributed by atoms with van der Waals surface area (Å²) in [4.78, 5) is 32.4. The fourth-order valence-corrected chi connectivity index (χ4v) is 2.63. The van der Waals surface area contributed by atoms with E-state index in [2.05, 4.69) is 20.6 Å². The maximum atomic E-state index is 12.7. The van der Waals surface area contributed by atoms with Crippen LogP contribution in [0.3, 0.4) is 0 Å². The van der Waals surface area contributed by atoms with E-state index in [1.807, 2.05) is 32.0 Å². The topological polar surface area (TPSA) is 93.2 Å². The van der Waals surface area contributed by atoms with Gasteiger partial charge in [-0.15, -0.1) is 0 Å². The number of para-hydroxylation sites is 2. The minimum atomic E-state index is -0.382. The minimum Gasteiger partial charge on any atom is -0.489 e. The van der Waals surface area contributed by atoms with Crippen molar-refractivity contribution in [2.24, 2.45) is 0 Å². The van der Waals surface area contributed by atoms with E-state index in [0.717, 1.165) is 0 Å². The molecule has 148 valence electrons. The molecule has 0 saturated heterocycles. The van der Waals surface area contributed by atoms with Crippen LogP contribution in [0, 0.1) is 0 Å². The third-order valence-electron chi connectivity index (χ3n) is 3.94. The van der Waals surface area contributed by atoms with Gasteiger partial charge in [0.25, 0.3) is 5.91 Å². The van der Waals surface area contributed by atoms with Crippen LogP contribution in [0.15, 0.2) is 60.9 Å². The molecule has 1 aromatic heterocycles. The van der Waals surface area contributed by atoms with Crippen LogP contribution in [0.1, 0.15) is 41.6 Å². The zero-order chi connectivity index (χ0) is 20.8. The third-order valence-corrected chi connectivity index (χ3v) is 3.94. The van der Waals surface area contributed by atoms with Gasteiger partial charge in [0, 0.05) is 17.3 Å². The molecule has 3 rings (SSSR count). The lowest BCUT2D eigenvalue weighted by Crippen LogP contribution is -2.16. The van der Waals surface area contributed by atoms with E-state index in [1.54, 1.807) is 36.4 Å². The number of rotatable bonds is 7. The highest BCUT2D eigenvalue weighted by atomic mass is 16.5. The summed E-state index contributed by atoms with van der Waals surface area (Å²) in [6.45, 7) is 5.34. The Morgan fingerprint density at radius 3 is 2.55 bits per heavy atom. The Kier molecular flexibility index (Phi) is 6.19. The molecule has 7 heteroatoms. The van der Waals surface area contributed by atoms with Gasteiger partial charge in [-0.3, -0.25) is 9.59 Å². The quantitative estimate of drug-likeness (QED) is 0.579. The first-order valence-electron chi connectivity index (χ1n) is 9.19. The van der Waals surface area contributed by atoms with Crippen molar-refractivity contribution in [3.8, 4) is 5.75 Å². The minimum absolute atomic E-state index is 0.0197. The first-order chi connectivity index (χ1) is 13.9. The Balaban J connectivity index is 1.77. The number of aromatic nitrogens is 2. The zero-order valence-electron chi connectivity index (χ0n) is 16.5. The molecular weight excluding hydrogens is 368 g/mol. The highest BCUT2D eigenvalue weighted by Crippen LogP contribution is 2.25. The van der Waals surface area contributed by atoms with Crippen molar-refractivity contribution in [1.82, 2.24) is 9.97 Å². The maximum Gasteiger partial charge on any atom is 0.274 e. The first-order valence-corrected chi connectivity index (χ1v) is 9.19. The van der Waals surface area contributed by atoms with Crippen molar-refractivity contribution in [2.75, 3.05) is 10.6 Å². The van der Waals surface area contributed by atoms with Crippen LogP contribution in [0.2, 0.25) is 0 Å². The first kappa shape index (κ1) is 20.0. The lowest BCUT2D eigenvalue weighted by atomic mass is 10.1. The van der Waals surface area contributed by atoms with Gasteiger partial charge in [-0.1, -0.05) is 24.3 Å². The van der Waals surface area contributed by atoms with Gasteiger partial charge < -0.3 is 15.4 Å².